The zero-order valence-corrected chi connectivity index (χ0v) is 33.9. The predicted molar refractivity (Wildman–Crippen MR) is 219 cm³/mol. The molecule has 10 heteroatoms. The normalized spacial score (nSPS) is 14.3. The van der Waals surface area contributed by atoms with E-state index in [9.17, 15) is 19.0 Å². The quantitative estimate of drug-likeness (QED) is 0.0277. The number of esters is 2. The number of carbonyl (C=O) groups is 2. The molecule has 0 fully saturated rings. The van der Waals surface area contributed by atoms with Crippen molar-refractivity contribution in [3.63, 3.8) is 0 Å². The van der Waals surface area contributed by atoms with Gasteiger partial charge in [0.1, 0.15) is 6.61 Å². The Labute approximate surface area is 322 Å². The first-order chi connectivity index (χ1) is 25.8. The van der Waals surface area contributed by atoms with Gasteiger partial charge in [-0.05, 0) is 83.5 Å². The number of hydrogen-bond donors (Lipinski definition) is 2. The van der Waals surface area contributed by atoms with Gasteiger partial charge in [-0.15, -0.1) is 0 Å². The zero-order valence-electron chi connectivity index (χ0n) is 33.0. The zero-order chi connectivity index (χ0) is 38.9. The monoisotopic (exact) mass is 761 g/mol. The lowest BCUT2D eigenvalue weighted by atomic mass is 10.1. The molecule has 0 aliphatic rings. The summed E-state index contributed by atoms with van der Waals surface area (Å²) in [6.07, 6.45) is 47.7. The summed E-state index contributed by atoms with van der Waals surface area (Å²) >= 11 is 0. The molecule has 0 saturated carbocycles. The molecule has 302 valence electrons. The van der Waals surface area contributed by atoms with E-state index < -0.39 is 32.5 Å². The Bertz CT molecular complexity index is 1140. The second-order valence-corrected chi connectivity index (χ2v) is 14.2. The van der Waals surface area contributed by atoms with Crippen molar-refractivity contribution < 1.29 is 37.6 Å². The van der Waals surface area contributed by atoms with Crippen molar-refractivity contribution in [1.29, 1.82) is 0 Å². The highest BCUT2D eigenvalue weighted by Crippen LogP contribution is 2.43. The largest absolute Gasteiger partial charge is 0.472 e. The van der Waals surface area contributed by atoms with E-state index in [-0.39, 0.29) is 32.6 Å². The Balaban J connectivity index is 4.37. The van der Waals surface area contributed by atoms with Crippen molar-refractivity contribution in [1.82, 2.24) is 0 Å². The Morgan fingerprint density at radius 1 is 0.585 bits per heavy atom. The lowest BCUT2D eigenvalue weighted by molar-refractivity contribution is -0.161. The van der Waals surface area contributed by atoms with Crippen LogP contribution in [0.5, 0.6) is 0 Å². The molecule has 0 aliphatic heterocycles. The summed E-state index contributed by atoms with van der Waals surface area (Å²) in [6, 6.07) is 0. The molecular weight excluding hydrogens is 689 g/mol. The molecule has 9 nitrogen and oxygen atoms in total. The second kappa shape index (κ2) is 38.9. The maximum absolute atomic E-state index is 12.5. The van der Waals surface area contributed by atoms with E-state index in [1.165, 1.54) is 38.5 Å². The van der Waals surface area contributed by atoms with Crippen LogP contribution in [0.3, 0.4) is 0 Å². The van der Waals surface area contributed by atoms with Gasteiger partial charge in [-0.3, -0.25) is 18.6 Å². The van der Waals surface area contributed by atoms with Crippen LogP contribution in [0, 0.1) is 0 Å². The van der Waals surface area contributed by atoms with Crippen molar-refractivity contribution in [2.24, 2.45) is 5.73 Å². The van der Waals surface area contributed by atoms with Crippen LogP contribution in [-0.2, 0) is 32.7 Å². The average molecular weight is 762 g/mol. The van der Waals surface area contributed by atoms with Crippen LogP contribution in [-0.4, -0.2) is 49.3 Å². The topological polar surface area (TPSA) is 134 Å². The molecule has 0 rings (SSSR count). The minimum atomic E-state index is -4.40. The minimum absolute atomic E-state index is 0.0364. The molecule has 0 aliphatic carbocycles. The van der Waals surface area contributed by atoms with Gasteiger partial charge >= 0.3 is 19.8 Å². The first-order valence-corrected chi connectivity index (χ1v) is 21.6. The maximum atomic E-state index is 12.5. The van der Waals surface area contributed by atoms with Gasteiger partial charge < -0.3 is 20.1 Å². The number of carbonyl (C=O) groups excluding carboxylic acids is 2. The van der Waals surface area contributed by atoms with Crippen molar-refractivity contribution in [2.75, 3.05) is 26.4 Å². The smallest absolute Gasteiger partial charge is 0.462 e. The summed E-state index contributed by atoms with van der Waals surface area (Å²) in [4.78, 5) is 34.7. The first-order valence-electron chi connectivity index (χ1n) is 20.1. The molecule has 0 spiro atoms. The molecule has 0 aromatic carbocycles. The highest BCUT2D eigenvalue weighted by molar-refractivity contribution is 7.47. The lowest BCUT2D eigenvalue weighted by Crippen LogP contribution is -2.29. The Morgan fingerprint density at radius 3 is 1.60 bits per heavy atom. The molecule has 3 N–H and O–H groups in total. The van der Waals surface area contributed by atoms with Crippen LogP contribution >= 0.6 is 7.82 Å². The summed E-state index contributed by atoms with van der Waals surface area (Å²) in [7, 11) is -4.40. The number of phosphoric ester groups is 1. The van der Waals surface area contributed by atoms with Crippen LogP contribution in [0.1, 0.15) is 142 Å². The average Bonchev–Trinajstić information content (AvgIpc) is 3.14. The van der Waals surface area contributed by atoms with Crippen molar-refractivity contribution >= 4 is 19.8 Å². The van der Waals surface area contributed by atoms with Crippen LogP contribution in [0.25, 0.3) is 0 Å². The van der Waals surface area contributed by atoms with Crippen LogP contribution in [0.15, 0.2) is 85.1 Å². The van der Waals surface area contributed by atoms with Gasteiger partial charge in [-0.1, -0.05) is 131 Å². The number of ether oxygens (including phenoxy) is 2. The van der Waals surface area contributed by atoms with Crippen molar-refractivity contribution in [3.8, 4) is 0 Å². The third kappa shape index (κ3) is 38.7. The van der Waals surface area contributed by atoms with Gasteiger partial charge in [-0.2, -0.15) is 0 Å². The maximum Gasteiger partial charge on any atom is 0.472 e. The van der Waals surface area contributed by atoms with E-state index in [0.29, 0.717) is 12.8 Å². The van der Waals surface area contributed by atoms with E-state index in [1.54, 1.807) is 0 Å². The number of rotatable bonds is 36. The van der Waals surface area contributed by atoms with E-state index >= 15 is 0 Å². The number of nitrogens with two attached hydrogens (primary N) is 1. The molecular formula is C43H72NO8P. The molecule has 0 radical (unpaired) electrons. The molecule has 0 heterocycles. The SMILES string of the molecule is CC/C=C/C/C=C/C/C=C/C/C=C/C/C=C/CCCC(=O)OC[C@H](COP(=O)(O)OCCN)OC(=O)CCCC/C=C/C/C=C/CCCCCCCC. The molecule has 0 amide bonds. The third-order valence-corrected chi connectivity index (χ3v) is 8.75. The molecule has 0 saturated heterocycles. The highest BCUT2D eigenvalue weighted by Gasteiger charge is 2.25. The third-order valence-electron chi connectivity index (χ3n) is 7.77. The number of hydrogen-bond acceptors (Lipinski definition) is 8. The fraction of sp³-hybridized carbons (Fsp3) is 0.628. The van der Waals surface area contributed by atoms with E-state index in [4.69, 9.17) is 24.3 Å². The first kappa shape index (κ1) is 50.2. The summed E-state index contributed by atoms with van der Waals surface area (Å²) in [6.45, 7) is 3.48. The fourth-order valence-corrected chi connectivity index (χ4v) is 5.58. The second-order valence-electron chi connectivity index (χ2n) is 12.8. The summed E-state index contributed by atoms with van der Waals surface area (Å²) < 4.78 is 32.6. The number of allylic oxidation sites excluding steroid dienone is 14. The fourth-order valence-electron chi connectivity index (χ4n) is 4.82. The van der Waals surface area contributed by atoms with Crippen LogP contribution < -0.4 is 5.73 Å². The Kier molecular flexibility index (Phi) is 36.8. The summed E-state index contributed by atoms with van der Waals surface area (Å²) in [5.74, 6) is -0.945. The molecule has 0 aromatic rings. The minimum Gasteiger partial charge on any atom is -0.462 e. The molecule has 2 atom stereocenters. The summed E-state index contributed by atoms with van der Waals surface area (Å²) in [5.41, 5.74) is 5.33. The van der Waals surface area contributed by atoms with Gasteiger partial charge in [0.25, 0.3) is 0 Å². The highest BCUT2D eigenvalue weighted by atomic mass is 31.2. The van der Waals surface area contributed by atoms with Crippen molar-refractivity contribution in [3.05, 3.63) is 85.1 Å². The molecule has 53 heavy (non-hydrogen) atoms. The lowest BCUT2D eigenvalue weighted by Gasteiger charge is -2.19. The van der Waals surface area contributed by atoms with Crippen molar-refractivity contribution in [2.45, 2.75) is 148 Å². The molecule has 0 aromatic heterocycles. The Hall–Kier alpha value is -2.81. The van der Waals surface area contributed by atoms with Gasteiger partial charge in [0.2, 0.25) is 0 Å². The van der Waals surface area contributed by atoms with Gasteiger partial charge in [0.05, 0.1) is 13.2 Å². The molecule has 0 bridgehead atoms. The van der Waals surface area contributed by atoms with Crippen LogP contribution in [0.2, 0.25) is 0 Å². The van der Waals surface area contributed by atoms with Crippen LogP contribution in [0.4, 0.5) is 0 Å². The van der Waals surface area contributed by atoms with E-state index in [1.807, 2.05) is 6.08 Å². The number of unbranched alkanes of at least 4 members (excludes halogenated alkanes) is 9. The molecule has 1 unspecified atom stereocenters. The van der Waals surface area contributed by atoms with Gasteiger partial charge in [0.15, 0.2) is 6.10 Å². The Morgan fingerprint density at radius 2 is 1.06 bits per heavy atom. The standard InChI is InChI=1S/C43H72NO8P/c1-3-5-7-9-11-13-15-17-19-20-22-23-25-27-29-31-33-35-42(45)49-39-41(40-51-53(47,48)50-38-37-44)52-43(46)36-34-32-30-28-26-24-21-18-16-14-12-10-8-6-4-2/h5,7,11,13,17-19,21-23,26-29,41H,3-4,6,8-10,12,14-16,20,24-25,30-40,44H2,1-2H3,(H,47,48)/b7-5+,13-11+,19-17+,21-18+,23-22+,28-26+,29-27+/t41-/m1/s1. The predicted octanol–water partition coefficient (Wildman–Crippen LogP) is 11.3. The van der Waals surface area contributed by atoms with Gasteiger partial charge in [0, 0.05) is 19.4 Å². The van der Waals surface area contributed by atoms with E-state index in [2.05, 4.69) is 92.8 Å². The summed E-state index contributed by atoms with van der Waals surface area (Å²) in [5, 5.41) is 0. The number of phosphoric acid groups is 1. The van der Waals surface area contributed by atoms with E-state index in [0.717, 1.165) is 64.2 Å². The van der Waals surface area contributed by atoms with Gasteiger partial charge in [-0.25, -0.2) is 4.57 Å².